The molecule has 0 aromatic heterocycles. The van der Waals surface area contributed by atoms with E-state index in [1.165, 1.54) is 0 Å². The van der Waals surface area contributed by atoms with E-state index in [2.05, 4.69) is 11.8 Å². The van der Waals surface area contributed by atoms with Gasteiger partial charge in [0.2, 0.25) is 0 Å². The van der Waals surface area contributed by atoms with Gasteiger partial charge >= 0.3 is 0 Å². The van der Waals surface area contributed by atoms with Crippen molar-refractivity contribution in [2.45, 2.75) is 19.9 Å². The fourth-order valence-corrected chi connectivity index (χ4v) is 1.09. The Balaban J connectivity index is 2.96. The molecular weight excluding hydrogens is 174 g/mol. The molecule has 0 heterocycles. The number of hydrogen-bond donors (Lipinski definition) is 1. The fraction of sp³-hybridized carbons (Fsp3) is 0.333. The lowest BCUT2D eigenvalue weighted by Crippen LogP contribution is -2.10. The van der Waals surface area contributed by atoms with E-state index in [1.54, 1.807) is 7.11 Å². The van der Waals surface area contributed by atoms with Gasteiger partial charge in [0, 0.05) is 5.56 Å². The van der Waals surface area contributed by atoms with Crippen molar-refractivity contribution < 1.29 is 4.74 Å². The number of ether oxygens (including phenoxy) is 1. The van der Waals surface area contributed by atoms with Gasteiger partial charge in [-0.1, -0.05) is 11.8 Å². The zero-order chi connectivity index (χ0) is 10.6. The Morgan fingerprint density at radius 2 is 2.14 bits per heavy atom. The molecule has 0 aliphatic heterocycles. The number of nitrogens with two attached hydrogens (primary N) is 1. The quantitative estimate of drug-likeness (QED) is 0.682. The molecule has 2 heteroatoms. The molecule has 0 aliphatic carbocycles. The van der Waals surface area contributed by atoms with E-state index in [1.807, 2.05) is 32.0 Å². The molecule has 1 rings (SSSR count). The van der Waals surface area contributed by atoms with Crippen molar-refractivity contribution in [3.05, 3.63) is 29.3 Å². The summed E-state index contributed by atoms with van der Waals surface area (Å²) in [6.07, 6.45) is 0. The minimum Gasteiger partial charge on any atom is -0.497 e. The molecule has 0 bridgehead atoms. The Hall–Kier alpha value is -1.46. The second kappa shape index (κ2) is 4.69. The molecule has 1 atom stereocenters. The summed E-state index contributed by atoms with van der Waals surface area (Å²) in [5.74, 6) is 6.82. The second-order valence-electron chi connectivity index (χ2n) is 3.24. The molecule has 0 fully saturated rings. The molecule has 0 saturated heterocycles. The van der Waals surface area contributed by atoms with Gasteiger partial charge in [-0.2, -0.15) is 0 Å². The number of rotatable bonds is 1. The highest BCUT2D eigenvalue weighted by Crippen LogP contribution is 2.15. The van der Waals surface area contributed by atoms with Crippen LogP contribution in [-0.2, 0) is 0 Å². The summed E-state index contributed by atoms with van der Waals surface area (Å²) >= 11 is 0. The van der Waals surface area contributed by atoms with Crippen LogP contribution in [0.4, 0.5) is 0 Å². The summed E-state index contributed by atoms with van der Waals surface area (Å²) in [5.41, 5.74) is 7.66. The first-order valence-electron chi connectivity index (χ1n) is 4.55. The molecule has 1 aromatic carbocycles. The highest BCUT2D eigenvalue weighted by Gasteiger charge is 1.96. The van der Waals surface area contributed by atoms with Gasteiger partial charge in [0.15, 0.2) is 0 Å². The average Bonchev–Trinajstić information content (AvgIpc) is 2.15. The summed E-state index contributed by atoms with van der Waals surface area (Å²) in [5, 5.41) is 0. The summed E-state index contributed by atoms with van der Waals surface area (Å²) in [6.45, 7) is 3.87. The summed E-state index contributed by atoms with van der Waals surface area (Å²) in [7, 11) is 1.65. The summed E-state index contributed by atoms with van der Waals surface area (Å²) in [6, 6.07) is 5.73. The van der Waals surface area contributed by atoms with Crippen LogP contribution in [0.15, 0.2) is 18.2 Å². The molecule has 14 heavy (non-hydrogen) atoms. The SMILES string of the molecule is COc1ccc(C#CC(C)N)c(C)c1. The predicted molar refractivity (Wildman–Crippen MR) is 58.3 cm³/mol. The van der Waals surface area contributed by atoms with Crippen LogP contribution in [-0.4, -0.2) is 13.2 Å². The average molecular weight is 189 g/mol. The molecule has 1 aromatic rings. The Bertz CT molecular complexity index is 372. The summed E-state index contributed by atoms with van der Waals surface area (Å²) in [4.78, 5) is 0. The molecule has 1 unspecified atom stereocenters. The summed E-state index contributed by atoms with van der Waals surface area (Å²) < 4.78 is 5.10. The van der Waals surface area contributed by atoms with Crippen LogP contribution >= 0.6 is 0 Å². The lowest BCUT2D eigenvalue weighted by molar-refractivity contribution is 0.414. The monoisotopic (exact) mass is 189 g/mol. The first-order chi connectivity index (χ1) is 6.63. The minimum atomic E-state index is -0.0866. The standard InChI is InChI=1S/C12H15NO/c1-9-8-12(14-3)7-6-11(9)5-4-10(2)13/h6-8,10H,13H2,1-3H3. The second-order valence-corrected chi connectivity index (χ2v) is 3.24. The van der Waals surface area contributed by atoms with Crippen LogP contribution in [0.25, 0.3) is 0 Å². The van der Waals surface area contributed by atoms with E-state index in [-0.39, 0.29) is 6.04 Å². The van der Waals surface area contributed by atoms with Gasteiger partial charge in [0.25, 0.3) is 0 Å². The van der Waals surface area contributed by atoms with E-state index in [0.717, 1.165) is 16.9 Å². The Labute approximate surface area is 85.1 Å². The maximum atomic E-state index is 5.55. The zero-order valence-corrected chi connectivity index (χ0v) is 8.79. The van der Waals surface area contributed by atoms with Crippen molar-refractivity contribution in [1.29, 1.82) is 0 Å². The van der Waals surface area contributed by atoms with Crippen LogP contribution in [0.3, 0.4) is 0 Å². The van der Waals surface area contributed by atoms with Gasteiger partial charge in [0.05, 0.1) is 13.2 Å². The minimum absolute atomic E-state index is 0.0866. The van der Waals surface area contributed by atoms with Crippen LogP contribution in [0.1, 0.15) is 18.1 Å². The molecular formula is C12H15NO. The first-order valence-corrected chi connectivity index (χ1v) is 4.55. The van der Waals surface area contributed by atoms with Gasteiger partial charge in [-0.3, -0.25) is 0 Å². The molecule has 74 valence electrons. The molecule has 0 aliphatic rings. The molecule has 0 spiro atoms. The Morgan fingerprint density at radius 3 is 2.64 bits per heavy atom. The van der Waals surface area contributed by atoms with Crippen LogP contribution in [0, 0.1) is 18.8 Å². The topological polar surface area (TPSA) is 35.2 Å². The van der Waals surface area contributed by atoms with Crippen LogP contribution in [0.5, 0.6) is 5.75 Å². The number of hydrogen-bond acceptors (Lipinski definition) is 2. The van der Waals surface area contributed by atoms with E-state index < -0.39 is 0 Å². The van der Waals surface area contributed by atoms with Crippen LogP contribution in [0.2, 0.25) is 0 Å². The third-order valence-electron chi connectivity index (χ3n) is 1.87. The lowest BCUT2D eigenvalue weighted by Gasteiger charge is -2.02. The van der Waals surface area contributed by atoms with Crippen molar-refractivity contribution in [2.75, 3.05) is 7.11 Å². The first kappa shape index (κ1) is 10.6. The van der Waals surface area contributed by atoms with Gasteiger partial charge in [0.1, 0.15) is 5.75 Å². The highest BCUT2D eigenvalue weighted by atomic mass is 16.5. The Kier molecular flexibility index (Phi) is 3.55. The third-order valence-corrected chi connectivity index (χ3v) is 1.87. The highest BCUT2D eigenvalue weighted by molar-refractivity contribution is 5.45. The van der Waals surface area contributed by atoms with Crippen molar-refractivity contribution >= 4 is 0 Å². The Morgan fingerprint density at radius 1 is 1.43 bits per heavy atom. The number of methoxy groups -OCH3 is 1. The third kappa shape index (κ3) is 2.79. The molecule has 0 radical (unpaired) electrons. The normalized spacial score (nSPS) is 11.4. The molecule has 2 N–H and O–H groups in total. The fourth-order valence-electron chi connectivity index (χ4n) is 1.09. The van der Waals surface area contributed by atoms with E-state index in [9.17, 15) is 0 Å². The lowest BCUT2D eigenvalue weighted by atomic mass is 10.1. The van der Waals surface area contributed by atoms with Crippen molar-refractivity contribution in [1.82, 2.24) is 0 Å². The largest absolute Gasteiger partial charge is 0.497 e. The van der Waals surface area contributed by atoms with Gasteiger partial charge in [-0.15, -0.1) is 0 Å². The van der Waals surface area contributed by atoms with Crippen molar-refractivity contribution in [3.8, 4) is 17.6 Å². The number of aryl methyl sites for hydroxylation is 1. The van der Waals surface area contributed by atoms with E-state index >= 15 is 0 Å². The molecule has 2 nitrogen and oxygen atoms in total. The zero-order valence-electron chi connectivity index (χ0n) is 8.79. The van der Waals surface area contributed by atoms with Crippen molar-refractivity contribution in [3.63, 3.8) is 0 Å². The smallest absolute Gasteiger partial charge is 0.119 e. The van der Waals surface area contributed by atoms with Gasteiger partial charge < -0.3 is 10.5 Å². The van der Waals surface area contributed by atoms with E-state index in [0.29, 0.717) is 0 Å². The maximum Gasteiger partial charge on any atom is 0.119 e. The number of benzene rings is 1. The van der Waals surface area contributed by atoms with E-state index in [4.69, 9.17) is 10.5 Å². The van der Waals surface area contributed by atoms with Gasteiger partial charge in [-0.25, -0.2) is 0 Å². The molecule has 0 saturated carbocycles. The maximum absolute atomic E-state index is 5.55. The van der Waals surface area contributed by atoms with Gasteiger partial charge in [-0.05, 0) is 37.6 Å². The van der Waals surface area contributed by atoms with Crippen molar-refractivity contribution in [2.24, 2.45) is 5.73 Å². The van der Waals surface area contributed by atoms with Crippen LogP contribution < -0.4 is 10.5 Å². The predicted octanol–water partition coefficient (Wildman–Crippen LogP) is 1.70. The molecule has 0 amide bonds.